The molecule has 5 heteroatoms. The Balaban J connectivity index is 1.92. The first kappa shape index (κ1) is 7.79. The maximum Gasteiger partial charge on any atom is 0.151 e. The fraction of sp³-hybridized carbons (Fsp3) is 0.571. The van der Waals surface area contributed by atoms with Gasteiger partial charge in [-0.15, -0.1) is 0 Å². The smallest absolute Gasteiger partial charge is 0.151 e. The average Bonchev–Trinajstić information content (AvgIpc) is 2.35. The van der Waals surface area contributed by atoms with Crippen LogP contribution in [0.3, 0.4) is 0 Å². The molecule has 0 unspecified atom stereocenters. The summed E-state index contributed by atoms with van der Waals surface area (Å²) in [5.41, 5.74) is 0. The average molecular weight is 186 g/mol. The maximum absolute atomic E-state index is 10.8. The first-order valence-electron chi connectivity index (χ1n) is 3.83. The van der Waals surface area contributed by atoms with E-state index in [1.54, 1.807) is 10.9 Å². The monoisotopic (exact) mass is 186 g/mol. The second-order valence-corrected chi connectivity index (χ2v) is 5.32. The van der Waals surface area contributed by atoms with Gasteiger partial charge in [0.2, 0.25) is 0 Å². The van der Waals surface area contributed by atoms with Crippen molar-refractivity contribution in [2.45, 2.75) is 6.54 Å². The lowest BCUT2D eigenvalue weighted by Gasteiger charge is -2.25. The van der Waals surface area contributed by atoms with Crippen molar-refractivity contribution >= 4 is 9.84 Å². The Hall–Kier alpha value is -0.840. The van der Waals surface area contributed by atoms with Crippen LogP contribution in [0.1, 0.15) is 0 Å². The predicted molar refractivity (Wildman–Crippen MR) is 44.4 cm³/mol. The van der Waals surface area contributed by atoms with Crippen molar-refractivity contribution in [2.24, 2.45) is 5.92 Å². The fourth-order valence-electron chi connectivity index (χ4n) is 1.45. The van der Waals surface area contributed by atoms with Gasteiger partial charge in [-0.1, -0.05) is 0 Å². The zero-order chi connectivity index (χ0) is 8.60. The van der Waals surface area contributed by atoms with Gasteiger partial charge in [0.25, 0.3) is 0 Å². The Morgan fingerprint density at radius 2 is 2.25 bits per heavy atom. The van der Waals surface area contributed by atoms with Crippen LogP contribution in [0.4, 0.5) is 0 Å². The molecule has 0 aromatic carbocycles. The van der Waals surface area contributed by atoms with Crippen molar-refractivity contribution in [3.8, 4) is 0 Å². The van der Waals surface area contributed by atoms with Crippen LogP contribution >= 0.6 is 0 Å². The molecule has 1 aliphatic heterocycles. The highest BCUT2D eigenvalue weighted by Gasteiger charge is 2.33. The van der Waals surface area contributed by atoms with Gasteiger partial charge in [-0.3, -0.25) is 4.68 Å². The van der Waals surface area contributed by atoms with Crippen LogP contribution in [0.25, 0.3) is 0 Å². The molecule has 2 rings (SSSR count). The number of rotatable bonds is 2. The van der Waals surface area contributed by atoms with Gasteiger partial charge in [0.05, 0.1) is 11.5 Å². The number of hydrogen-bond acceptors (Lipinski definition) is 3. The Morgan fingerprint density at radius 3 is 2.75 bits per heavy atom. The molecule has 0 saturated carbocycles. The Kier molecular flexibility index (Phi) is 1.68. The normalized spacial score (nSPS) is 22.0. The number of nitrogens with zero attached hydrogens (tertiary/aromatic N) is 2. The Labute approximate surface area is 71.1 Å². The lowest BCUT2D eigenvalue weighted by Crippen LogP contribution is -2.38. The summed E-state index contributed by atoms with van der Waals surface area (Å²) >= 11 is 0. The standard InChI is InChI=1S/C7H10N2O2S/c10-12(11)5-7(6-12)4-9-3-1-2-8-9/h1-3,7H,4-6H2. The summed E-state index contributed by atoms with van der Waals surface area (Å²) in [6.07, 6.45) is 3.55. The third-order valence-corrected chi connectivity index (χ3v) is 3.94. The second kappa shape index (κ2) is 2.58. The molecule has 2 heterocycles. The molecule has 1 aromatic rings. The molecule has 0 bridgehead atoms. The highest BCUT2D eigenvalue weighted by Crippen LogP contribution is 2.19. The largest absolute Gasteiger partial charge is 0.272 e. The first-order chi connectivity index (χ1) is 5.66. The van der Waals surface area contributed by atoms with Crippen LogP contribution < -0.4 is 0 Å². The van der Waals surface area contributed by atoms with Crippen LogP contribution in [0.15, 0.2) is 18.5 Å². The minimum atomic E-state index is -2.67. The summed E-state index contributed by atoms with van der Waals surface area (Å²) < 4.78 is 23.4. The van der Waals surface area contributed by atoms with Crippen molar-refractivity contribution in [1.29, 1.82) is 0 Å². The third kappa shape index (κ3) is 1.50. The molecule has 4 nitrogen and oxygen atoms in total. The van der Waals surface area contributed by atoms with E-state index in [4.69, 9.17) is 0 Å². The van der Waals surface area contributed by atoms with Crippen LogP contribution in [0, 0.1) is 5.92 Å². The zero-order valence-electron chi connectivity index (χ0n) is 6.55. The van der Waals surface area contributed by atoms with Gasteiger partial charge in [0.1, 0.15) is 0 Å². The van der Waals surface area contributed by atoms with E-state index in [2.05, 4.69) is 5.10 Å². The minimum absolute atomic E-state index is 0.273. The van der Waals surface area contributed by atoms with Gasteiger partial charge in [-0.2, -0.15) is 5.10 Å². The Morgan fingerprint density at radius 1 is 1.50 bits per heavy atom. The molecule has 0 amide bonds. The molecule has 0 aliphatic carbocycles. The molecule has 0 N–H and O–H groups in total. The summed E-state index contributed by atoms with van der Waals surface area (Å²) in [6.45, 7) is 0.728. The molecule has 0 radical (unpaired) electrons. The van der Waals surface area contributed by atoms with E-state index in [0.29, 0.717) is 11.5 Å². The highest BCUT2D eigenvalue weighted by molar-refractivity contribution is 7.92. The van der Waals surface area contributed by atoms with Crippen molar-refractivity contribution < 1.29 is 8.42 Å². The van der Waals surface area contributed by atoms with E-state index in [1.807, 2.05) is 12.3 Å². The summed E-state index contributed by atoms with van der Waals surface area (Å²) in [7, 11) is -2.67. The number of sulfone groups is 1. The van der Waals surface area contributed by atoms with Crippen molar-refractivity contribution in [3.63, 3.8) is 0 Å². The van der Waals surface area contributed by atoms with Gasteiger partial charge < -0.3 is 0 Å². The lowest BCUT2D eigenvalue weighted by molar-refractivity contribution is 0.443. The van der Waals surface area contributed by atoms with E-state index in [0.717, 1.165) is 6.54 Å². The van der Waals surface area contributed by atoms with E-state index >= 15 is 0 Å². The quantitative estimate of drug-likeness (QED) is 0.649. The number of hydrogen-bond donors (Lipinski definition) is 0. The first-order valence-corrected chi connectivity index (χ1v) is 5.66. The molecule has 1 aliphatic rings. The Bertz CT molecular complexity index is 343. The van der Waals surface area contributed by atoms with Gasteiger partial charge >= 0.3 is 0 Å². The van der Waals surface area contributed by atoms with E-state index in [9.17, 15) is 8.42 Å². The van der Waals surface area contributed by atoms with Crippen LogP contribution in [0.5, 0.6) is 0 Å². The van der Waals surface area contributed by atoms with Gasteiger partial charge in [0.15, 0.2) is 9.84 Å². The molecule has 12 heavy (non-hydrogen) atoms. The van der Waals surface area contributed by atoms with Crippen LogP contribution in [0.2, 0.25) is 0 Å². The second-order valence-electron chi connectivity index (χ2n) is 3.17. The molecule has 0 spiro atoms. The molecule has 66 valence electrons. The van der Waals surface area contributed by atoms with Crippen molar-refractivity contribution in [3.05, 3.63) is 18.5 Å². The molecule has 0 atom stereocenters. The van der Waals surface area contributed by atoms with Crippen molar-refractivity contribution in [2.75, 3.05) is 11.5 Å². The molecular formula is C7H10N2O2S. The topological polar surface area (TPSA) is 52.0 Å². The molecule has 1 fully saturated rings. The molecule has 1 saturated heterocycles. The fourth-order valence-corrected chi connectivity index (χ4v) is 3.00. The summed E-state index contributed by atoms with van der Waals surface area (Å²) in [5.74, 6) is 0.926. The minimum Gasteiger partial charge on any atom is -0.272 e. The van der Waals surface area contributed by atoms with E-state index in [1.165, 1.54) is 0 Å². The van der Waals surface area contributed by atoms with Gasteiger partial charge in [-0.05, 0) is 6.07 Å². The van der Waals surface area contributed by atoms with Crippen molar-refractivity contribution in [1.82, 2.24) is 9.78 Å². The maximum atomic E-state index is 10.8. The molecule has 1 aromatic heterocycles. The van der Waals surface area contributed by atoms with E-state index in [-0.39, 0.29) is 5.92 Å². The predicted octanol–water partition coefficient (Wildman–Crippen LogP) is -0.0723. The van der Waals surface area contributed by atoms with Gasteiger partial charge in [0, 0.05) is 24.9 Å². The lowest BCUT2D eigenvalue weighted by atomic mass is 10.2. The van der Waals surface area contributed by atoms with Crippen LogP contribution in [-0.2, 0) is 16.4 Å². The SMILES string of the molecule is O=S1(=O)CC(Cn2cccn2)C1. The zero-order valence-corrected chi connectivity index (χ0v) is 7.37. The highest BCUT2D eigenvalue weighted by atomic mass is 32.2. The summed E-state index contributed by atoms with van der Waals surface area (Å²) in [6, 6.07) is 1.84. The number of aromatic nitrogens is 2. The summed E-state index contributed by atoms with van der Waals surface area (Å²) in [5, 5.41) is 4.01. The van der Waals surface area contributed by atoms with E-state index < -0.39 is 9.84 Å². The van der Waals surface area contributed by atoms with Crippen LogP contribution in [-0.4, -0.2) is 29.7 Å². The third-order valence-electron chi connectivity index (χ3n) is 1.98. The van der Waals surface area contributed by atoms with Gasteiger partial charge in [-0.25, -0.2) is 8.42 Å². The summed E-state index contributed by atoms with van der Waals surface area (Å²) in [4.78, 5) is 0. The molecular weight excluding hydrogens is 176 g/mol.